The lowest BCUT2D eigenvalue weighted by atomic mass is 9.83. The average molecular weight is 317 g/mol. The molecule has 0 unspecified atom stereocenters. The number of hydrogen-bond donors (Lipinski definition) is 2. The topological polar surface area (TPSA) is 86.2 Å². The van der Waals surface area contributed by atoms with Crippen LogP contribution in [0.2, 0.25) is 0 Å². The third-order valence-corrected chi connectivity index (χ3v) is 3.85. The summed E-state index contributed by atoms with van der Waals surface area (Å²) >= 11 is 3.28. The van der Waals surface area contributed by atoms with Crippen LogP contribution in [0.25, 0.3) is 0 Å². The Morgan fingerprint density at radius 3 is 2.00 bits per heavy atom. The molecule has 3 rings (SSSR count). The highest BCUT2D eigenvalue weighted by Crippen LogP contribution is 2.38. The van der Waals surface area contributed by atoms with Gasteiger partial charge in [-0.3, -0.25) is 9.59 Å². The number of ketones is 2. The molecule has 0 heterocycles. The van der Waals surface area contributed by atoms with Crippen molar-refractivity contribution in [3.05, 3.63) is 57.1 Å². The van der Waals surface area contributed by atoms with Gasteiger partial charge < -0.3 is 11.5 Å². The first-order valence-corrected chi connectivity index (χ1v) is 6.37. The van der Waals surface area contributed by atoms with Crippen LogP contribution in [-0.2, 0) is 0 Å². The first-order valence-electron chi connectivity index (χ1n) is 5.58. The average Bonchev–Trinajstić information content (AvgIpc) is 2.40. The molecule has 4 nitrogen and oxygen atoms in total. The van der Waals surface area contributed by atoms with E-state index >= 15 is 0 Å². The van der Waals surface area contributed by atoms with Crippen molar-refractivity contribution in [2.45, 2.75) is 0 Å². The molecule has 0 radical (unpaired) electrons. The van der Waals surface area contributed by atoms with E-state index in [1.165, 1.54) is 0 Å². The predicted molar refractivity (Wildman–Crippen MR) is 76.3 cm³/mol. The normalized spacial score (nSPS) is 13.1. The summed E-state index contributed by atoms with van der Waals surface area (Å²) in [4.78, 5) is 24.9. The highest BCUT2D eigenvalue weighted by molar-refractivity contribution is 9.10. The minimum atomic E-state index is -0.268. The lowest BCUT2D eigenvalue weighted by Crippen LogP contribution is -2.23. The van der Waals surface area contributed by atoms with Crippen LogP contribution in [0, 0.1) is 0 Å². The van der Waals surface area contributed by atoms with Gasteiger partial charge in [-0.2, -0.15) is 0 Å². The number of carbonyl (C=O) groups is 2. The first kappa shape index (κ1) is 11.9. The van der Waals surface area contributed by atoms with Crippen LogP contribution in [0.1, 0.15) is 31.8 Å². The van der Waals surface area contributed by atoms with Crippen molar-refractivity contribution in [2.24, 2.45) is 0 Å². The summed E-state index contributed by atoms with van der Waals surface area (Å²) in [5, 5.41) is 0. The van der Waals surface area contributed by atoms with Crippen LogP contribution in [-0.4, -0.2) is 11.6 Å². The van der Waals surface area contributed by atoms with Gasteiger partial charge in [-0.1, -0.05) is 24.3 Å². The third kappa shape index (κ3) is 1.51. The molecule has 0 aliphatic heterocycles. The molecule has 0 saturated carbocycles. The van der Waals surface area contributed by atoms with E-state index in [1.54, 1.807) is 30.3 Å². The minimum Gasteiger partial charge on any atom is -0.397 e. The van der Waals surface area contributed by atoms with Crippen molar-refractivity contribution in [1.29, 1.82) is 0 Å². The summed E-state index contributed by atoms with van der Waals surface area (Å²) < 4.78 is 0.488. The summed E-state index contributed by atoms with van der Waals surface area (Å²) in [5.41, 5.74) is 13.3. The molecule has 19 heavy (non-hydrogen) atoms. The zero-order valence-corrected chi connectivity index (χ0v) is 11.3. The minimum absolute atomic E-state index is 0.158. The molecular formula is C14H9BrN2O2. The zero-order valence-electron chi connectivity index (χ0n) is 9.74. The van der Waals surface area contributed by atoms with Crippen LogP contribution < -0.4 is 11.5 Å². The van der Waals surface area contributed by atoms with Crippen LogP contribution in [0.5, 0.6) is 0 Å². The van der Waals surface area contributed by atoms with Crippen molar-refractivity contribution < 1.29 is 9.59 Å². The summed E-state index contributed by atoms with van der Waals surface area (Å²) in [7, 11) is 0. The van der Waals surface area contributed by atoms with E-state index in [0.717, 1.165) is 0 Å². The maximum Gasteiger partial charge on any atom is 0.196 e. The van der Waals surface area contributed by atoms with E-state index < -0.39 is 0 Å². The van der Waals surface area contributed by atoms with Crippen LogP contribution in [0.4, 0.5) is 11.4 Å². The van der Waals surface area contributed by atoms with Crippen LogP contribution in [0.3, 0.4) is 0 Å². The molecule has 0 spiro atoms. The molecule has 0 amide bonds. The number of fused-ring (bicyclic) bond motifs is 2. The molecule has 0 fully saturated rings. The molecular weight excluding hydrogens is 308 g/mol. The summed E-state index contributed by atoms with van der Waals surface area (Å²) in [6, 6.07) is 8.25. The Kier molecular flexibility index (Phi) is 2.46. The molecule has 5 heteroatoms. The molecule has 94 valence electrons. The maximum atomic E-state index is 12.5. The second-order valence-electron chi connectivity index (χ2n) is 4.32. The van der Waals surface area contributed by atoms with Gasteiger partial charge in [-0.15, -0.1) is 0 Å². The summed E-state index contributed by atoms with van der Waals surface area (Å²) in [5.74, 6) is -0.487. The van der Waals surface area contributed by atoms with E-state index in [4.69, 9.17) is 11.5 Å². The smallest absolute Gasteiger partial charge is 0.196 e. The van der Waals surface area contributed by atoms with Crippen molar-refractivity contribution in [3.63, 3.8) is 0 Å². The fourth-order valence-electron chi connectivity index (χ4n) is 2.29. The number of carbonyl (C=O) groups excluding carboxylic acids is 2. The molecule has 0 saturated heterocycles. The number of anilines is 2. The predicted octanol–water partition coefficient (Wildman–Crippen LogP) is 2.39. The third-order valence-electron chi connectivity index (χ3n) is 3.22. The van der Waals surface area contributed by atoms with Gasteiger partial charge in [0.15, 0.2) is 11.6 Å². The summed E-state index contributed by atoms with van der Waals surface area (Å²) in [6.45, 7) is 0. The largest absolute Gasteiger partial charge is 0.397 e. The molecule has 0 bridgehead atoms. The molecule has 0 atom stereocenters. The highest BCUT2D eigenvalue weighted by atomic mass is 79.9. The van der Waals surface area contributed by atoms with Gasteiger partial charge in [0.25, 0.3) is 0 Å². The Hall–Kier alpha value is -2.14. The van der Waals surface area contributed by atoms with Gasteiger partial charge in [-0.25, -0.2) is 0 Å². The van der Waals surface area contributed by atoms with Gasteiger partial charge in [0.2, 0.25) is 0 Å². The first-order chi connectivity index (χ1) is 9.02. The highest BCUT2D eigenvalue weighted by Gasteiger charge is 2.33. The van der Waals surface area contributed by atoms with Gasteiger partial charge in [0.1, 0.15) is 0 Å². The van der Waals surface area contributed by atoms with Gasteiger partial charge in [0.05, 0.1) is 22.5 Å². The lowest BCUT2D eigenvalue weighted by molar-refractivity contribution is 0.0979. The quantitative estimate of drug-likeness (QED) is 0.623. The molecule has 4 N–H and O–H groups in total. The van der Waals surface area contributed by atoms with Crippen LogP contribution in [0.15, 0.2) is 34.8 Å². The maximum absolute atomic E-state index is 12.5. The number of rotatable bonds is 0. The molecule has 0 aromatic heterocycles. The Bertz CT molecular complexity index is 753. The second kappa shape index (κ2) is 3.93. The SMILES string of the molecule is Nc1cc(Br)c2c(c1N)C(=O)c1ccccc1C2=O. The van der Waals surface area contributed by atoms with Gasteiger partial charge in [-0.05, 0) is 22.0 Å². The standard InChI is InChI=1S/C14H9BrN2O2/c15-8-5-9(16)12(17)11-10(8)13(18)6-3-1-2-4-7(6)14(11)19/h1-5H,16-17H2. The fraction of sp³-hybridized carbons (Fsp3) is 0. The van der Waals surface area contributed by atoms with Crippen molar-refractivity contribution in [3.8, 4) is 0 Å². The Morgan fingerprint density at radius 1 is 0.895 bits per heavy atom. The monoisotopic (exact) mass is 316 g/mol. The number of halogens is 1. The molecule has 1 aliphatic rings. The molecule has 2 aromatic carbocycles. The number of nitrogen functional groups attached to an aromatic ring is 2. The Balaban J connectivity index is 2.43. The van der Waals surface area contributed by atoms with Gasteiger partial charge >= 0.3 is 0 Å². The van der Waals surface area contributed by atoms with Crippen molar-refractivity contribution in [1.82, 2.24) is 0 Å². The molecule has 1 aliphatic carbocycles. The van der Waals surface area contributed by atoms with E-state index in [0.29, 0.717) is 15.6 Å². The summed E-state index contributed by atoms with van der Waals surface area (Å²) in [6.07, 6.45) is 0. The van der Waals surface area contributed by atoms with Crippen molar-refractivity contribution in [2.75, 3.05) is 11.5 Å². The van der Waals surface area contributed by atoms with E-state index in [9.17, 15) is 9.59 Å². The lowest BCUT2D eigenvalue weighted by Gasteiger charge is -2.20. The van der Waals surface area contributed by atoms with E-state index in [-0.39, 0.29) is 34.1 Å². The number of nitrogens with two attached hydrogens (primary N) is 2. The van der Waals surface area contributed by atoms with Crippen molar-refractivity contribution >= 4 is 38.9 Å². The van der Waals surface area contributed by atoms with E-state index in [2.05, 4.69) is 15.9 Å². The zero-order chi connectivity index (χ0) is 13.7. The van der Waals surface area contributed by atoms with E-state index in [1.807, 2.05) is 0 Å². The second-order valence-corrected chi connectivity index (χ2v) is 5.17. The fourth-order valence-corrected chi connectivity index (χ4v) is 2.92. The number of hydrogen-bond acceptors (Lipinski definition) is 4. The van der Waals surface area contributed by atoms with Crippen LogP contribution >= 0.6 is 15.9 Å². The Morgan fingerprint density at radius 2 is 1.42 bits per heavy atom. The van der Waals surface area contributed by atoms with Gasteiger partial charge in [0, 0.05) is 15.6 Å². The Labute approximate surface area is 117 Å². The number of benzene rings is 2. The molecule has 2 aromatic rings.